The molecule has 0 aliphatic carbocycles. The fraction of sp³-hybridized carbons (Fsp3) is 0.240. The summed E-state index contributed by atoms with van der Waals surface area (Å²) < 4.78 is 0. The molecule has 0 bridgehead atoms. The Morgan fingerprint density at radius 3 is 1.76 bits per heavy atom. The van der Waals surface area contributed by atoms with E-state index in [0.29, 0.717) is 0 Å². The lowest BCUT2D eigenvalue weighted by molar-refractivity contribution is -0.138. The van der Waals surface area contributed by atoms with Crippen LogP contribution < -0.4 is 4.90 Å². The number of amides is 1. The van der Waals surface area contributed by atoms with Gasteiger partial charge < -0.3 is 4.90 Å². The normalized spacial score (nSPS) is 18.5. The van der Waals surface area contributed by atoms with Crippen molar-refractivity contribution in [2.75, 3.05) is 25.0 Å². The Morgan fingerprint density at radius 1 is 0.724 bits per heavy atom. The molecule has 0 aromatic heterocycles. The number of nitrogens with zero attached hydrogens (tertiary/aromatic N) is 3. The van der Waals surface area contributed by atoms with Crippen LogP contribution >= 0.6 is 0 Å². The average Bonchev–Trinajstić information content (AvgIpc) is 3.22. The second-order valence-electron chi connectivity index (χ2n) is 7.87. The highest BCUT2D eigenvalue weighted by atomic mass is 16.2. The lowest BCUT2D eigenvalue weighted by atomic mass is 9.97. The first kappa shape index (κ1) is 18.1. The monoisotopic (exact) mass is 383 g/mol. The molecule has 0 radical (unpaired) electrons. The SMILES string of the molecule is CN1C(=O)C2(c3ccccc31)N(Cc1ccccc1)CCN2Cc1ccccc1. The van der Waals surface area contributed by atoms with E-state index < -0.39 is 5.66 Å². The molecule has 4 nitrogen and oxygen atoms in total. The summed E-state index contributed by atoms with van der Waals surface area (Å²) in [4.78, 5) is 20.4. The number of carbonyl (C=O) groups excluding carboxylic acids is 1. The predicted octanol–water partition coefficient (Wildman–Crippen LogP) is 3.83. The number of fused-ring (bicyclic) bond motifs is 2. The Labute approximate surface area is 172 Å². The topological polar surface area (TPSA) is 26.8 Å². The van der Waals surface area contributed by atoms with Crippen LogP contribution in [0.1, 0.15) is 16.7 Å². The van der Waals surface area contributed by atoms with Crippen molar-refractivity contribution in [3.8, 4) is 0 Å². The zero-order chi connectivity index (χ0) is 19.8. The van der Waals surface area contributed by atoms with Gasteiger partial charge in [-0.25, -0.2) is 0 Å². The van der Waals surface area contributed by atoms with E-state index in [1.54, 1.807) is 0 Å². The molecule has 3 aromatic rings. The average molecular weight is 383 g/mol. The molecule has 0 unspecified atom stereocenters. The van der Waals surface area contributed by atoms with Gasteiger partial charge >= 0.3 is 0 Å². The van der Waals surface area contributed by atoms with E-state index in [1.165, 1.54) is 11.1 Å². The Balaban J connectivity index is 1.61. The number of anilines is 1. The lowest BCUT2D eigenvalue weighted by Crippen LogP contribution is -2.56. The molecule has 1 saturated heterocycles. The highest BCUT2D eigenvalue weighted by molar-refractivity contribution is 6.07. The molecule has 2 aliphatic rings. The molecule has 1 fully saturated rings. The van der Waals surface area contributed by atoms with E-state index in [1.807, 2.05) is 36.2 Å². The van der Waals surface area contributed by atoms with Gasteiger partial charge in [-0.15, -0.1) is 0 Å². The summed E-state index contributed by atoms with van der Waals surface area (Å²) in [5.41, 5.74) is 3.81. The smallest absolute Gasteiger partial charge is 0.267 e. The molecule has 1 amide bonds. The first-order chi connectivity index (χ1) is 14.2. The van der Waals surface area contributed by atoms with Crippen molar-refractivity contribution < 1.29 is 4.79 Å². The fourth-order valence-corrected chi connectivity index (χ4v) is 4.89. The van der Waals surface area contributed by atoms with Crippen molar-refractivity contribution in [1.82, 2.24) is 9.80 Å². The van der Waals surface area contributed by atoms with Crippen LogP contribution in [0.5, 0.6) is 0 Å². The van der Waals surface area contributed by atoms with Crippen LogP contribution in [0.25, 0.3) is 0 Å². The molecule has 29 heavy (non-hydrogen) atoms. The van der Waals surface area contributed by atoms with Crippen molar-refractivity contribution in [2.45, 2.75) is 18.8 Å². The molecule has 4 heteroatoms. The Hall–Kier alpha value is -2.95. The summed E-state index contributed by atoms with van der Waals surface area (Å²) in [6.45, 7) is 3.21. The summed E-state index contributed by atoms with van der Waals surface area (Å²) in [5.74, 6) is 0.142. The third-order valence-electron chi connectivity index (χ3n) is 6.23. The summed E-state index contributed by atoms with van der Waals surface area (Å²) >= 11 is 0. The van der Waals surface area contributed by atoms with Crippen LogP contribution in [-0.4, -0.2) is 35.8 Å². The zero-order valence-corrected chi connectivity index (χ0v) is 16.7. The van der Waals surface area contributed by atoms with Gasteiger partial charge in [0.05, 0.1) is 5.69 Å². The predicted molar refractivity (Wildman–Crippen MR) is 115 cm³/mol. The third-order valence-corrected chi connectivity index (χ3v) is 6.23. The summed E-state index contributed by atoms with van der Waals surface area (Å²) in [6.07, 6.45) is 0. The quantitative estimate of drug-likeness (QED) is 0.685. The largest absolute Gasteiger partial charge is 0.312 e. The van der Waals surface area contributed by atoms with Crippen molar-refractivity contribution in [1.29, 1.82) is 0 Å². The maximum atomic E-state index is 13.8. The van der Waals surface area contributed by atoms with Gasteiger partial charge in [-0.2, -0.15) is 0 Å². The highest BCUT2D eigenvalue weighted by Crippen LogP contribution is 2.49. The zero-order valence-electron chi connectivity index (χ0n) is 16.7. The molecular weight excluding hydrogens is 358 g/mol. The van der Waals surface area contributed by atoms with Crippen molar-refractivity contribution in [2.24, 2.45) is 0 Å². The molecule has 2 aliphatic heterocycles. The number of hydrogen-bond donors (Lipinski definition) is 0. The summed E-state index contributed by atoms with van der Waals surface area (Å²) in [5, 5.41) is 0. The number of benzene rings is 3. The minimum Gasteiger partial charge on any atom is -0.312 e. The molecule has 3 aromatic carbocycles. The molecular formula is C25H25N3O. The van der Waals surface area contributed by atoms with Crippen LogP contribution in [-0.2, 0) is 23.5 Å². The van der Waals surface area contributed by atoms with Gasteiger partial charge in [0.25, 0.3) is 5.91 Å². The summed E-state index contributed by atoms with van der Waals surface area (Å²) in [6, 6.07) is 29.1. The molecule has 2 heterocycles. The Morgan fingerprint density at radius 2 is 1.21 bits per heavy atom. The van der Waals surface area contributed by atoms with E-state index >= 15 is 0 Å². The standard InChI is InChI=1S/C25H25N3O/c1-26-23-15-9-8-14-22(23)25(24(26)29)27(18-20-10-4-2-5-11-20)16-17-28(25)19-21-12-6-3-7-13-21/h2-15H,16-19H2,1H3. The molecule has 146 valence electrons. The second-order valence-corrected chi connectivity index (χ2v) is 7.87. The second kappa shape index (κ2) is 7.14. The minimum atomic E-state index is -0.753. The molecule has 0 atom stereocenters. The Kier molecular flexibility index (Phi) is 4.46. The number of likely N-dealkylation sites (N-methyl/N-ethyl adjacent to an activating group) is 1. The van der Waals surface area contributed by atoms with Gasteiger partial charge in [0.2, 0.25) is 0 Å². The fourth-order valence-electron chi connectivity index (χ4n) is 4.89. The first-order valence-electron chi connectivity index (χ1n) is 10.2. The van der Waals surface area contributed by atoms with Crippen LogP contribution in [0.15, 0.2) is 84.9 Å². The Bertz CT molecular complexity index is 969. The van der Waals surface area contributed by atoms with Crippen LogP contribution in [0.4, 0.5) is 5.69 Å². The number of rotatable bonds is 4. The first-order valence-corrected chi connectivity index (χ1v) is 10.2. The van der Waals surface area contributed by atoms with E-state index in [9.17, 15) is 4.79 Å². The van der Waals surface area contributed by atoms with Crippen LogP contribution in [0, 0.1) is 0 Å². The van der Waals surface area contributed by atoms with Crippen molar-refractivity contribution in [3.63, 3.8) is 0 Å². The van der Waals surface area contributed by atoms with Gasteiger partial charge in [-0.1, -0.05) is 78.9 Å². The van der Waals surface area contributed by atoms with Crippen molar-refractivity contribution in [3.05, 3.63) is 102 Å². The van der Waals surface area contributed by atoms with E-state index in [2.05, 4.69) is 70.5 Å². The molecule has 5 rings (SSSR count). The van der Waals surface area contributed by atoms with Gasteiger partial charge in [0.15, 0.2) is 5.66 Å². The van der Waals surface area contributed by atoms with Gasteiger partial charge in [-0.05, 0) is 17.2 Å². The van der Waals surface area contributed by atoms with Crippen molar-refractivity contribution >= 4 is 11.6 Å². The molecule has 1 spiro atoms. The highest BCUT2D eigenvalue weighted by Gasteiger charge is 2.60. The lowest BCUT2D eigenvalue weighted by Gasteiger charge is -2.40. The van der Waals surface area contributed by atoms with Gasteiger partial charge in [-0.3, -0.25) is 14.6 Å². The van der Waals surface area contributed by atoms with Gasteiger partial charge in [0, 0.05) is 38.8 Å². The summed E-state index contributed by atoms with van der Waals surface area (Å²) in [7, 11) is 1.90. The molecule has 0 saturated carbocycles. The maximum absolute atomic E-state index is 13.8. The van der Waals surface area contributed by atoms with Gasteiger partial charge in [0.1, 0.15) is 0 Å². The number of para-hydroxylation sites is 1. The number of hydrogen-bond acceptors (Lipinski definition) is 3. The van der Waals surface area contributed by atoms with Crippen LogP contribution in [0.2, 0.25) is 0 Å². The minimum absolute atomic E-state index is 0.142. The molecule has 0 N–H and O–H groups in total. The third kappa shape index (κ3) is 2.79. The van der Waals surface area contributed by atoms with E-state index in [-0.39, 0.29) is 5.91 Å². The maximum Gasteiger partial charge on any atom is 0.267 e. The van der Waals surface area contributed by atoms with Crippen LogP contribution in [0.3, 0.4) is 0 Å². The van der Waals surface area contributed by atoms with E-state index in [0.717, 1.165) is 37.4 Å². The number of carbonyl (C=O) groups is 1. The van der Waals surface area contributed by atoms with E-state index in [4.69, 9.17) is 0 Å².